The first-order chi connectivity index (χ1) is 11.4. The molecule has 24 heavy (non-hydrogen) atoms. The number of amides is 2. The van der Waals surface area contributed by atoms with Crippen LogP contribution in [-0.2, 0) is 20.9 Å². The van der Waals surface area contributed by atoms with Crippen LogP contribution in [-0.4, -0.2) is 39.7 Å². The van der Waals surface area contributed by atoms with E-state index in [4.69, 9.17) is 5.11 Å². The van der Waals surface area contributed by atoms with Gasteiger partial charge in [-0.1, -0.05) is 44.2 Å². The predicted molar refractivity (Wildman–Crippen MR) is 88.1 cm³/mol. The van der Waals surface area contributed by atoms with Gasteiger partial charge in [0.15, 0.2) is 0 Å². The molecule has 1 heterocycles. The molecule has 7 heteroatoms. The maximum Gasteiger partial charge on any atom is 0.326 e. The largest absolute Gasteiger partial charge is 0.480 e. The molecule has 1 aromatic carbocycles. The molecule has 1 aliphatic rings. The maximum absolute atomic E-state index is 12.3. The summed E-state index contributed by atoms with van der Waals surface area (Å²) in [5.41, 5.74) is 1.08. The lowest BCUT2D eigenvalue weighted by Gasteiger charge is -2.24. The standard InChI is InChI=1S/C17H21N3O4/c1-11(2)15(17(23)24)18-16(22)13-8-9-14(21)20(19-13)10-12-6-4-3-5-7-12/h3-7,11,15H,8-10H2,1-2H3,(H,18,22)(H,23,24). The minimum atomic E-state index is -1.09. The van der Waals surface area contributed by atoms with E-state index in [0.717, 1.165) is 5.56 Å². The highest BCUT2D eigenvalue weighted by molar-refractivity contribution is 6.39. The second-order valence-corrected chi connectivity index (χ2v) is 6.02. The fourth-order valence-corrected chi connectivity index (χ4v) is 2.38. The third-order valence-corrected chi connectivity index (χ3v) is 3.76. The quantitative estimate of drug-likeness (QED) is 0.823. The molecule has 2 N–H and O–H groups in total. The number of rotatable bonds is 6. The van der Waals surface area contributed by atoms with Gasteiger partial charge in [-0.25, -0.2) is 9.80 Å². The molecule has 1 aromatic rings. The molecule has 0 saturated carbocycles. The highest BCUT2D eigenvalue weighted by atomic mass is 16.4. The van der Waals surface area contributed by atoms with Gasteiger partial charge in [0.05, 0.1) is 6.54 Å². The molecular weight excluding hydrogens is 310 g/mol. The van der Waals surface area contributed by atoms with Crippen LogP contribution in [0.5, 0.6) is 0 Å². The minimum Gasteiger partial charge on any atom is -0.480 e. The van der Waals surface area contributed by atoms with Crippen LogP contribution in [0.4, 0.5) is 0 Å². The maximum atomic E-state index is 12.3. The average molecular weight is 331 g/mol. The summed E-state index contributed by atoms with van der Waals surface area (Å²) < 4.78 is 0. The second kappa shape index (κ2) is 7.72. The van der Waals surface area contributed by atoms with Gasteiger partial charge in [-0.05, 0) is 11.5 Å². The topological polar surface area (TPSA) is 99.1 Å². The number of benzene rings is 1. The van der Waals surface area contributed by atoms with Crippen LogP contribution in [0.1, 0.15) is 32.3 Å². The Bertz CT molecular complexity index is 655. The molecule has 1 atom stereocenters. The van der Waals surface area contributed by atoms with Gasteiger partial charge in [0.2, 0.25) is 5.91 Å². The summed E-state index contributed by atoms with van der Waals surface area (Å²) in [6.07, 6.45) is 0.388. The van der Waals surface area contributed by atoms with E-state index in [1.54, 1.807) is 13.8 Å². The number of carbonyl (C=O) groups excluding carboxylic acids is 2. The number of hydrogen-bond acceptors (Lipinski definition) is 4. The number of hydrogen-bond donors (Lipinski definition) is 2. The number of hydrazone groups is 1. The lowest BCUT2D eigenvalue weighted by Crippen LogP contribution is -2.48. The molecule has 2 rings (SSSR count). The van der Waals surface area contributed by atoms with Gasteiger partial charge in [0, 0.05) is 12.8 Å². The molecule has 0 aromatic heterocycles. The van der Waals surface area contributed by atoms with E-state index in [2.05, 4.69) is 10.4 Å². The summed E-state index contributed by atoms with van der Waals surface area (Å²) in [6.45, 7) is 3.71. The molecule has 128 valence electrons. The summed E-state index contributed by atoms with van der Waals surface area (Å²) in [5, 5.41) is 17.0. The Morgan fingerprint density at radius 2 is 1.92 bits per heavy atom. The van der Waals surface area contributed by atoms with Crippen molar-refractivity contribution in [3.05, 3.63) is 35.9 Å². The molecule has 0 radical (unpaired) electrons. The lowest BCUT2D eigenvalue weighted by atomic mass is 10.0. The molecule has 0 aliphatic carbocycles. The van der Waals surface area contributed by atoms with Crippen LogP contribution in [0.2, 0.25) is 0 Å². The lowest BCUT2D eigenvalue weighted by molar-refractivity contribution is -0.142. The fourth-order valence-electron chi connectivity index (χ4n) is 2.38. The Morgan fingerprint density at radius 3 is 2.50 bits per heavy atom. The Labute approximate surface area is 140 Å². The SMILES string of the molecule is CC(C)C(NC(=O)C1=NN(Cc2ccccc2)C(=O)CC1)C(=O)O. The van der Waals surface area contributed by atoms with Crippen molar-refractivity contribution in [2.75, 3.05) is 0 Å². The van der Waals surface area contributed by atoms with E-state index in [0.29, 0.717) is 0 Å². The van der Waals surface area contributed by atoms with Crippen molar-refractivity contribution >= 4 is 23.5 Å². The van der Waals surface area contributed by atoms with Crippen molar-refractivity contribution in [1.82, 2.24) is 10.3 Å². The van der Waals surface area contributed by atoms with E-state index in [-0.39, 0.29) is 36.9 Å². The molecule has 1 aliphatic heterocycles. The van der Waals surface area contributed by atoms with Gasteiger partial charge in [-0.3, -0.25) is 9.59 Å². The number of nitrogens with one attached hydrogen (secondary N) is 1. The summed E-state index contributed by atoms with van der Waals surface area (Å²) in [4.78, 5) is 35.5. The van der Waals surface area contributed by atoms with Gasteiger partial charge in [0.1, 0.15) is 11.8 Å². The summed E-state index contributed by atoms with van der Waals surface area (Å²) in [6, 6.07) is 8.36. The Morgan fingerprint density at radius 1 is 1.25 bits per heavy atom. The van der Waals surface area contributed by atoms with E-state index in [1.165, 1.54) is 5.01 Å². The molecule has 0 spiro atoms. The number of nitrogens with zero attached hydrogens (tertiary/aromatic N) is 2. The second-order valence-electron chi connectivity index (χ2n) is 6.02. The highest BCUT2D eigenvalue weighted by Gasteiger charge is 2.29. The van der Waals surface area contributed by atoms with Crippen molar-refractivity contribution in [2.45, 2.75) is 39.3 Å². The smallest absolute Gasteiger partial charge is 0.326 e. The zero-order valence-electron chi connectivity index (χ0n) is 13.7. The zero-order chi connectivity index (χ0) is 17.7. The summed E-state index contributed by atoms with van der Waals surface area (Å²) in [5.74, 6) is -2.04. The van der Waals surface area contributed by atoms with Crippen LogP contribution in [0.3, 0.4) is 0 Å². The van der Waals surface area contributed by atoms with Gasteiger partial charge in [-0.15, -0.1) is 0 Å². The Balaban J connectivity index is 2.11. The van der Waals surface area contributed by atoms with Crippen molar-refractivity contribution < 1.29 is 19.5 Å². The molecular formula is C17H21N3O4. The van der Waals surface area contributed by atoms with E-state index in [9.17, 15) is 14.4 Å². The first kappa shape index (κ1) is 17.7. The fraction of sp³-hybridized carbons (Fsp3) is 0.412. The first-order valence-corrected chi connectivity index (χ1v) is 7.84. The van der Waals surface area contributed by atoms with Crippen molar-refractivity contribution in [1.29, 1.82) is 0 Å². The molecule has 1 unspecified atom stereocenters. The van der Waals surface area contributed by atoms with E-state index < -0.39 is 17.9 Å². The molecule has 0 fully saturated rings. The van der Waals surface area contributed by atoms with Gasteiger partial charge < -0.3 is 10.4 Å². The van der Waals surface area contributed by atoms with Crippen molar-refractivity contribution in [3.8, 4) is 0 Å². The third kappa shape index (κ3) is 4.41. The van der Waals surface area contributed by atoms with Crippen LogP contribution < -0.4 is 5.32 Å². The Hall–Kier alpha value is -2.70. The molecule has 2 amide bonds. The third-order valence-electron chi connectivity index (χ3n) is 3.76. The summed E-state index contributed by atoms with van der Waals surface area (Å²) in [7, 11) is 0. The van der Waals surface area contributed by atoms with Crippen LogP contribution >= 0.6 is 0 Å². The van der Waals surface area contributed by atoms with Crippen molar-refractivity contribution in [3.63, 3.8) is 0 Å². The number of carboxylic acid groups (broad SMARTS) is 1. The molecule has 0 bridgehead atoms. The monoisotopic (exact) mass is 331 g/mol. The van der Waals surface area contributed by atoms with Crippen LogP contribution in [0.15, 0.2) is 35.4 Å². The van der Waals surface area contributed by atoms with E-state index >= 15 is 0 Å². The van der Waals surface area contributed by atoms with Crippen LogP contribution in [0.25, 0.3) is 0 Å². The van der Waals surface area contributed by atoms with Gasteiger partial charge in [0.25, 0.3) is 5.91 Å². The van der Waals surface area contributed by atoms with Gasteiger partial charge in [-0.2, -0.15) is 5.10 Å². The number of carboxylic acids is 1. The highest BCUT2D eigenvalue weighted by Crippen LogP contribution is 2.14. The molecule has 7 nitrogen and oxygen atoms in total. The Kier molecular flexibility index (Phi) is 5.68. The van der Waals surface area contributed by atoms with Gasteiger partial charge >= 0.3 is 5.97 Å². The zero-order valence-corrected chi connectivity index (χ0v) is 13.7. The molecule has 0 saturated heterocycles. The van der Waals surface area contributed by atoms with Crippen LogP contribution in [0, 0.1) is 5.92 Å². The predicted octanol–water partition coefficient (Wildman–Crippen LogP) is 1.39. The summed E-state index contributed by atoms with van der Waals surface area (Å²) >= 11 is 0. The van der Waals surface area contributed by atoms with E-state index in [1.807, 2.05) is 30.3 Å². The minimum absolute atomic E-state index is 0.158. The van der Waals surface area contributed by atoms with Crippen molar-refractivity contribution in [2.24, 2.45) is 11.0 Å². The first-order valence-electron chi connectivity index (χ1n) is 7.84. The normalized spacial score (nSPS) is 15.9. The average Bonchev–Trinajstić information content (AvgIpc) is 2.54. The number of aliphatic carboxylic acids is 1. The number of carbonyl (C=O) groups is 3.